The third-order valence-electron chi connectivity index (χ3n) is 4.17. The highest BCUT2D eigenvalue weighted by molar-refractivity contribution is 5.81. The number of rotatable bonds is 2. The molecule has 0 amide bonds. The molecule has 0 unspecified atom stereocenters. The molecule has 1 heterocycles. The van der Waals surface area contributed by atoms with Crippen LogP contribution in [0.3, 0.4) is 0 Å². The Bertz CT molecular complexity index is 527. The number of hydrogen-bond donors (Lipinski definition) is 0. The maximum atomic E-state index is 13.5. The maximum Gasteiger partial charge on any atom is 0.328 e. The lowest BCUT2D eigenvalue weighted by atomic mass is 9.79. The van der Waals surface area contributed by atoms with E-state index in [0.717, 1.165) is 17.7 Å². The van der Waals surface area contributed by atoms with E-state index < -0.39 is 6.04 Å². The minimum atomic E-state index is -0.397. The number of carbonyl (C=O) groups excluding carboxylic acids is 1. The molecule has 110 valence electrons. The molecule has 1 aromatic rings. The summed E-state index contributed by atoms with van der Waals surface area (Å²) in [5.74, 6) is -0.249. The monoisotopic (exact) mass is 279 g/mol. The molecule has 2 atom stereocenters. The van der Waals surface area contributed by atoms with E-state index >= 15 is 0 Å². The number of hydrogen-bond acceptors (Lipinski definition) is 3. The summed E-state index contributed by atoms with van der Waals surface area (Å²) in [6.07, 6.45) is 0.866. The fraction of sp³-hybridized carbons (Fsp3) is 0.562. The van der Waals surface area contributed by atoms with Gasteiger partial charge in [-0.2, -0.15) is 0 Å². The van der Waals surface area contributed by atoms with Crippen molar-refractivity contribution < 1.29 is 13.9 Å². The molecule has 0 saturated carbocycles. The number of benzene rings is 1. The third-order valence-corrected chi connectivity index (χ3v) is 4.17. The Kier molecular flexibility index (Phi) is 3.76. The van der Waals surface area contributed by atoms with Crippen molar-refractivity contribution in [3.05, 3.63) is 29.6 Å². The number of fused-ring (bicyclic) bond motifs is 1. The molecule has 1 aromatic carbocycles. The first-order valence-corrected chi connectivity index (χ1v) is 6.94. The Morgan fingerprint density at radius 2 is 2.15 bits per heavy atom. The fourth-order valence-corrected chi connectivity index (χ4v) is 3.43. The van der Waals surface area contributed by atoms with Crippen molar-refractivity contribution >= 4 is 11.7 Å². The quantitative estimate of drug-likeness (QED) is 0.776. The average Bonchev–Trinajstić information content (AvgIpc) is 2.37. The van der Waals surface area contributed by atoms with Crippen LogP contribution in [0.1, 0.15) is 45.6 Å². The van der Waals surface area contributed by atoms with Crippen molar-refractivity contribution in [2.75, 3.05) is 12.0 Å². The lowest BCUT2D eigenvalue weighted by molar-refractivity contribution is -0.142. The summed E-state index contributed by atoms with van der Waals surface area (Å²) >= 11 is 0. The minimum absolute atomic E-state index is 0.183. The molecule has 0 aliphatic carbocycles. The van der Waals surface area contributed by atoms with Crippen molar-refractivity contribution in [1.82, 2.24) is 0 Å². The number of carbonyl (C=O) groups is 1. The van der Waals surface area contributed by atoms with Gasteiger partial charge in [-0.15, -0.1) is 0 Å². The van der Waals surface area contributed by atoms with Crippen LogP contribution in [0.2, 0.25) is 0 Å². The van der Waals surface area contributed by atoms with Crippen LogP contribution in [0.25, 0.3) is 0 Å². The normalized spacial score (nSPS) is 22.1. The topological polar surface area (TPSA) is 29.5 Å². The highest BCUT2D eigenvalue weighted by Crippen LogP contribution is 2.44. The van der Waals surface area contributed by atoms with E-state index in [0.29, 0.717) is 0 Å². The zero-order chi connectivity index (χ0) is 15.1. The molecule has 0 N–H and O–H groups in total. The molecule has 1 aliphatic rings. The van der Waals surface area contributed by atoms with Crippen molar-refractivity contribution in [3.8, 4) is 0 Å². The summed E-state index contributed by atoms with van der Waals surface area (Å²) in [4.78, 5) is 14.0. The van der Waals surface area contributed by atoms with E-state index in [1.807, 2.05) is 11.8 Å². The van der Waals surface area contributed by atoms with Crippen LogP contribution in [0.4, 0.5) is 10.1 Å². The van der Waals surface area contributed by atoms with E-state index in [1.54, 1.807) is 12.1 Å². The largest absolute Gasteiger partial charge is 0.467 e. The molecule has 1 aliphatic heterocycles. The van der Waals surface area contributed by atoms with Crippen LogP contribution in [-0.4, -0.2) is 24.7 Å². The van der Waals surface area contributed by atoms with E-state index in [1.165, 1.54) is 13.2 Å². The van der Waals surface area contributed by atoms with Crippen LogP contribution in [0.15, 0.2) is 18.2 Å². The van der Waals surface area contributed by atoms with Crippen LogP contribution in [0, 0.1) is 5.82 Å². The SMILES string of the molecule is COC(=O)[C@H](C)N1c2ccc(F)cc2[C@@H](C)CC1(C)C. The zero-order valence-electron chi connectivity index (χ0n) is 12.7. The molecule has 0 fully saturated rings. The number of ether oxygens (including phenoxy) is 1. The van der Waals surface area contributed by atoms with Gasteiger partial charge in [0.1, 0.15) is 11.9 Å². The smallest absolute Gasteiger partial charge is 0.328 e. The predicted octanol–water partition coefficient (Wildman–Crippen LogP) is 3.48. The van der Waals surface area contributed by atoms with Crippen molar-refractivity contribution in [2.45, 2.75) is 51.6 Å². The molecule has 4 heteroatoms. The summed E-state index contributed by atoms with van der Waals surface area (Å²) in [5, 5.41) is 0. The number of nitrogens with zero attached hydrogens (tertiary/aromatic N) is 1. The summed E-state index contributed by atoms with van der Waals surface area (Å²) in [6, 6.07) is 4.39. The van der Waals surface area contributed by atoms with Crippen LogP contribution < -0.4 is 4.90 Å². The van der Waals surface area contributed by atoms with E-state index in [-0.39, 0.29) is 23.2 Å². The molecule has 20 heavy (non-hydrogen) atoms. The lowest BCUT2D eigenvalue weighted by Gasteiger charge is -2.49. The van der Waals surface area contributed by atoms with Gasteiger partial charge in [-0.1, -0.05) is 6.92 Å². The predicted molar refractivity (Wildman–Crippen MR) is 77.5 cm³/mol. The zero-order valence-corrected chi connectivity index (χ0v) is 12.7. The molecule has 0 saturated heterocycles. The number of halogens is 1. The first kappa shape index (κ1) is 14.8. The molecular formula is C16H22FNO2. The first-order chi connectivity index (χ1) is 9.27. The Balaban J connectivity index is 2.54. The molecule has 0 spiro atoms. The van der Waals surface area contributed by atoms with Gasteiger partial charge in [0, 0.05) is 11.2 Å². The van der Waals surface area contributed by atoms with Crippen LogP contribution in [-0.2, 0) is 9.53 Å². The Labute approximate surface area is 119 Å². The molecule has 3 nitrogen and oxygen atoms in total. The molecule has 0 radical (unpaired) electrons. The Morgan fingerprint density at radius 3 is 2.75 bits per heavy atom. The molecular weight excluding hydrogens is 257 g/mol. The summed E-state index contributed by atoms with van der Waals surface area (Å²) < 4.78 is 18.4. The number of methoxy groups -OCH3 is 1. The van der Waals surface area contributed by atoms with Crippen LogP contribution in [0.5, 0.6) is 0 Å². The average molecular weight is 279 g/mol. The summed E-state index contributed by atoms with van der Waals surface area (Å²) in [6.45, 7) is 8.14. The molecule has 2 rings (SSSR count). The van der Waals surface area contributed by atoms with Gasteiger partial charge in [0.05, 0.1) is 7.11 Å². The second-order valence-corrected chi connectivity index (χ2v) is 6.19. The van der Waals surface area contributed by atoms with E-state index in [2.05, 4.69) is 20.8 Å². The summed E-state index contributed by atoms with van der Waals surface area (Å²) in [7, 11) is 1.39. The first-order valence-electron chi connectivity index (χ1n) is 6.94. The number of esters is 1. The van der Waals surface area contributed by atoms with E-state index in [4.69, 9.17) is 4.74 Å². The van der Waals surface area contributed by atoms with Crippen molar-refractivity contribution in [1.29, 1.82) is 0 Å². The molecule has 0 bridgehead atoms. The number of anilines is 1. The highest BCUT2D eigenvalue weighted by Gasteiger charge is 2.41. The van der Waals surface area contributed by atoms with Gasteiger partial charge in [0.15, 0.2) is 0 Å². The third kappa shape index (κ3) is 2.39. The van der Waals surface area contributed by atoms with Gasteiger partial charge >= 0.3 is 5.97 Å². The molecule has 0 aromatic heterocycles. The Morgan fingerprint density at radius 1 is 1.50 bits per heavy atom. The standard InChI is InChI=1S/C16H22FNO2/c1-10-9-16(3,4)18(11(2)15(19)20-5)14-7-6-12(17)8-13(10)14/h6-8,10-11H,9H2,1-5H3/t10-,11-/m0/s1. The fourth-order valence-electron chi connectivity index (χ4n) is 3.43. The maximum absolute atomic E-state index is 13.5. The van der Waals surface area contributed by atoms with Crippen molar-refractivity contribution in [2.24, 2.45) is 0 Å². The summed E-state index contributed by atoms with van der Waals surface area (Å²) in [5.41, 5.74) is 1.70. The lowest BCUT2D eigenvalue weighted by Crippen LogP contribution is -2.55. The van der Waals surface area contributed by atoms with Gasteiger partial charge in [0.25, 0.3) is 0 Å². The Hall–Kier alpha value is -1.58. The van der Waals surface area contributed by atoms with Crippen molar-refractivity contribution in [3.63, 3.8) is 0 Å². The second-order valence-electron chi connectivity index (χ2n) is 6.19. The van der Waals surface area contributed by atoms with Gasteiger partial charge in [-0.3, -0.25) is 0 Å². The van der Waals surface area contributed by atoms with E-state index in [9.17, 15) is 9.18 Å². The minimum Gasteiger partial charge on any atom is -0.467 e. The van der Waals surface area contributed by atoms with Gasteiger partial charge in [-0.25, -0.2) is 9.18 Å². The second kappa shape index (κ2) is 5.08. The van der Waals surface area contributed by atoms with Gasteiger partial charge < -0.3 is 9.64 Å². The highest BCUT2D eigenvalue weighted by atomic mass is 19.1. The van der Waals surface area contributed by atoms with Crippen LogP contribution >= 0.6 is 0 Å². The van der Waals surface area contributed by atoms with Gasteiger partial charge in [-0.05, 0) is 56.9 Å². The van der Waals surface area contributed by atoms with Gasteiger partial charge in [0.2, 0.25) is 0 Å².